The lowest BCUT2D eigenvalue weighted by atomic mass is 9.46. The van der Waals surface area contributed by atoms with Gasteiger partial charge >= 0.3 is 5.97 Å². The molecule has 4 aliphatic carbocycles. The Balaban J connectivity index is 1.13. The molecule has 0 radical (unpaired) electrons. The van der Waals surface area contributed by atoms with Crippen LogP contribution in [0.25, 0.3) is 0 Å². The highest BCUT2D eigenvalue weighted by atomic mass is 16.5. The molecule has 0 amide bonds. The van der Waals surface area contributed by atoms with Gasteiger partial charge < -0.3 is 9.84 Å². The molecule has 9 atom stereocenters. The molecule has 0 bridgehead atoms. The quantitative estimate of drug-likeness (QED) is 0.0580. The minimum Gasteiger partial charge on any atom is -0.461 e. The van der Waals surface area contributed by atoms with Crippen LogP contribution in [0.1, 0.15) is 221 Å². The number of esters is 1. The highest BCUT2D eigenvalue weighted by Crippen LogP contribution is 2.67. The molecule has 52 heavy (non-hydrogen) atoms. The highest BCUT2D eigenvalue weighted by molar-refractivity contribution is 5.69. The normalized spacial score (nSPS) is 32.0. The minimum atomic E-state index is -0.392. The Hall–Kier alpha value is -1.09. The maximum Gasteiger partial charge on any atom is 0.306 e. The lowest BCUT2D eigenvalue weighted by Crippen LogP contribution is -2.56. The number of ether oxygens (including phenoxy) is 1. The third-order valence-electron chi connectivity index (χ3n) is 15.3. The summed E-state index contributed by atoms with van der Waals surface area (Å²) in [4.78, 5) is 13.3. The molecule has 4 aliphatic rings. The van der Waals surface area contributed by atoms with Crippen LogP contribution in [0.3, 0.4) is 0 Å². The van der Waals surface area contributed by atoms with Crippen LogP contribution in [0, 0.1) is 46.3 Å². The molecule has 3 heteroatoms. The second-order valence-corrected chi connectivity index (χ2v) is 19.5. The molecule has 4 rings (SSSR count). The first-order valence-electron chi connectivity index (χ1n) is 23.3. The van der Waals surface area contributed by atoms with Crippen molar-refractivity contribution in [3.63, 3.8) is 0 Å². The SMILES string of the molecule is CCCCCCCC/C=C\CCCCCCCCCCCC(=O)OC1C[C@H](O)CC2=CC[C@H]3[C@@H]4CC[C@H]([C@H](C)CCCC(C)C)[C@@]4(C)CC[C@@H]3[C@]21C. The topological polar surface area (TPSA) is 46.5 Å². The third-order valence-corrected chi connectivity index (χ3v) is 15.3. The molecule has 0 heterocycles. The number of aliphatic hydroxyl groups is 1. The Kier molecular flexibility index (Phi) is 18.8. The summed E-state index contributed by atoms with van der Waals surface area (Å²) in [6.07, 6.45) is 41.4. The second-order valence-electron chi connectivity index (χ2n) is 19.5. The van der Waals surface area contributed by atoms with Crippen LogP contribution < -0.4 is 0 Å². The van der Waals surface area contributed by atoms with Gasteiger partial charge in [-0.15, -0.1) is 0 Å². The Labute approximate surface area is 323 Å². The van der Waals surface area contributed by atoms with E-state index in [0.29, 0.717) is 30.1 Å². The number of aliphatic hydroxyl groups excluding tert-OH is 1. The molecular weight excluding hydrogens is 637 g/mol. The van der Waals surface area contributed by atoms with Crippen LogP contribution in [0.5, 0.6) is 0 Å². The van der Waals surface area contributed by atoms with Crippen LogP contribution in [0.4, 0.5) is 0 Å². The van der Waals surface area contributed by atoms with E-state index in [1.54, 1.807) is 0 Å². The molecule has 3 nitrogen and oxygen atoms in total. The molecule has 1 unspecified atom stereocenters. The molecule has 3 fully saturated rings. The molecular formula is C49H86O3. The standard InChI is InChI=1S/C49H86O3/c1-7-8-9-10-11-12-13-14-15-16-17-18-19-20-21-22-23-24-25-29-47(51)52-46-37-41(50)36-40-30-31-42-44-33-32-43(39(4)28-26-27-38(2)3)48(44,5)35-34-45(42)49(40,46)6/h14-15,30,38-39,41-46,50H,7-13,16-29,31-37H2,1-6H3/b15-14-/t39-,41-,42+,43-,44+,45+,46?,48-,49+/m1/s1. The van der Waals surface area contributed by atoms with E-state index in [4.69, 9.17) is 4.74 Å². The van der Waals surface area contributed by atoms with E-state index in [1.165, 1.54) is 147 Å². The Morgan fingerprint density at radius 3 is 2.06 bits per heavy atom. The number of carbonyl (C=O) groups excluding carboxylic acids is 1. The zero-order valence-electron chi connectivity index (χ0n) is 35.4. The van der Waals surface area contributed by atoms with Crippen molar-refractivity contribution in [1.29, 1.82) is 0 Å². The molecule has 1 N–H and O–H groups in total. The summed E-state index contributed by atoms with van der Waals surface area (Å²) < 4.78 is 6.44. The van der Waals surface area contributed by atoms with Gasteiger partial charge in [-0.2, -0.15) is 0 Å². The van der Waals surface area contributed by atoms with Crippen LogP contribution in [-0.4, -0.2) is 23.3 Å². The van der Waals surface area contributed by atoms with Crippen molar-refractivity contribution >= 4 is 5.97 Å². The van der Waals surface area contributed by atoms with Crippen LogP contribution in [0.15, 0.2) is 23.8 Å². The number of rotatable bonds is 25. The van der Waals surface area contributed by atoms with Gasteiger partial charge in [0.15, 0.2) is 0 Å². The number of allylic oxidation sites excluding steroid dienone is 3. The first-order valence-corrected chi connectivity index (χ1v) is 23.3. The van der Waals surface area contributed by atoms with E-state index in [1.807, 2.05) is 0 Å². The fourth-order valence-electron chi connectivity index (χ4n) is 12.1. The molecule has 0 aromatic carbocycles. The minimum absolute atomic E-state index is 0.0281. The van der Waals surface area contributed by atoms with Gasteiger partial charge in [-0.1, -0.05) is 162 Å². The zero-order valence-corrected chi connectivity index (χ0v) is 35.4. The van der Waals surface area contributed by atoms with Crippen molar-refractivity contribution in [2.45, 2.75) is 234 Å². The van der Waals surface area contributed by atoms with Gasteiger partial charge in [0.05, 0.1) is 6.10 Å². The largest absolute Gasteiger partial charge is 0.461 e. The van der Waals surface area contributed by atoms with Gasteiger partial charge in [0.2, 0.25) is 0 Å². The first-order chi connectivity index (χ1) is 25.1. The van der Waals surface area contributed by atoms with Crippen molar-refractivity contribution in [1.82, 2.24) is 0 Å². The lowest BCUT2D eigenvalue weighted by Gasteiger charge is -2.60. The second kappa shape index (κ2) is 22.5. The number of hydrogen-bond acceptors (Lipinski definition) is 3. The van der Waals surface area contributed by atoms with E-state index < -0.39 is 6.10 Å². The summed E-state index contributed by atoms with van der Waals surface area (Å²) in [7, 11) is 0. The monoisotopic (exact) mass is 723 g/mol. The number of unbranched alkanes of at least 4 members (excludes halogenated alkanes) is 15. The van der Waals surface area contributed by atoms with Crippen molar-refractivity contribution < 1.29 is 14.6 Å². The molecule has 300 valence electrons. The Morgan fingerprint density at radius 2 is 1.42 bits per heavy atom. The fraction of sp³-hybridized carbons (Fsp3) is 0.898. The van der Waals surface area contributed by atoms with Gasteiger partial charge in [0.25, 0.3) is 0 Å². The maximum absolute atomic E-state index is 13.3. The van der Waals surface area contributed by atoms with Crippen LogP contribution in [-0.2, 0) is 9.53 Å². The third kappa shape index (κ3) is 12.2. The predicted octanol–water partition coefficient (Wildman–Crippen LogP) is 14.5. The van der Waals surface area contributed by atoms with Gasteiger partial charge in [-0.25, -0.2) is 0 Å². The van der Waals surface area contributed by atoms with E-state index in [9.17, 15) is 9.90 Å². The number of fused-ring (bicyclic) bond motifs is 5. The van der Waals surface area contributed by atoms with E-state index in [2.05, 4.69) is 59.8 Å². The van der Waals surface area contributed by atoms with Gasteiger partial charge in [-0.05, 0) is 112 Å². The molecule has 3 saturated carbocycles. The average molecular weight is 723 g/mol. The van der Waals surface area contributed by atoms with Gasteiger partial charge in [0.1, 0.15) is 6.10 Å². The number of hydrogen-bond donors (Lipinski definition) is 1. The molecule has 0 aromatic rings. The lowest BCUT2D eigenvalue weighted by molar-refractivity contribution is -0.169. The summed E-state index contributed by atoms with van der Waals surface area (Å²) in [6.45, 7) is 14.7. The van der Waals surface area contributed by atoms with Crippen molar-refractivity contribution in [3.8, 4) is 0 Å². The smallest absolute Gasteiger partial charge is 0.306 e. The molecule has 0 aliphatic heterocycles. The summed E-state index contributed by atoms with van der Waals surface area (Å²) in [5.41, 5.74) is 1.72. The molecule has 0 saturated heterocycles. The Bertz CT molecular complexity index is 1070. The Morgan fingerprint density at radius 1 is 0.808 bits per heavy atom. The summed E-state index contributed by atoms with van der Waals surface area (Å²) in [5, 5.41) is 10.9. The van der Waals surface area contributed by atoms with Crippen molar-refractivity contribution in [3.05, 3.63) is 23.8 Å². The van der Waals surface area contributed by atoms with Crippen molar-refractivity contribution in [2.24, 2.45) is 46.3 Å². The average Bonchev–Trinajstić information content (AvgIpc) is 3.47. The fourth-order valence-corrected chi connectivity index (χ4v) is 12.1. The number of carbonyl (C=O) groups is 1. The summed E-state index contributed by atoms with van der Waals surface area (Å²) in [6, 6.07) is 0. The van der Waals surface area contributed by atoms with Crippen LogP contribution in [0.2, 0.25) is 0 Å². The van der Waals surface area contributed by atoms with E-state index in [-0.39, 0.29) is 17.5 Å². The maximum atomic E-state index is 13.3. The van der Waals surface area contributed by atoms with Gasteiger partial charge in [0, 0.05) is 18.3 Å². The summed E-state index contributed by atoms with van der Waals surface area (Å²) >= 11 is 0. The van der Waals surface area contributed by atoms with Gasteiger partial charge in [-0.3, -0.25) is 4.79 Å². The van der Waals surface area contributed by atoms with E-state index >= 15 is 0 Å². The zero-order chi connectivity index (χ0) is 37.4. The predicted molar refractivity (Wildman–Crippen MR) is 222 cm³/mol. The highest BCUT2D eigenvalue weighted by Gasteiger charge is 2.61. The van der Waals surface area contributed by atoms with Crippen molar-refractivity contribution in [2.75, 3.05) is 0 Å². The first kappa shape index (κ1) is 43.6. The van der Waals surface area contributed by atoms with Crippen LogP contribution >= 0.6 is 0 Å². The molecule has 0 aromatic heterocycles. The van der Waals surface area contributed by atoms with E-state index in [0.717, 1.165) is 49.4 Å². The summed E-state index contributed by atoms with van der Waals surface area (Å²) in [5.74, 6) is 4.48. The molecule has 0 spiro atoms.